The number of amides is 3. The van der Waals surface area contributed by atoms with Crippen molar-refractivity contribution in [3.05, 3.63) is 129 Å². The van der Waals surface area contributed by atoms with Crippen LogP contribution in [0.25, 0.3) is 17.3 Å². The van der Waals surface area contributed by atoms with E-state index < -0.39 is 22.0 Å². The fourth-order valence-corrected chi connectivity index (χ4v) is 6.51. The van der Waals surface area contributed by atoms with E-state index in [1.165, 1.54) is 53.4 Å². The second-order valence-electron chi connectivity index (χ2n) is 10.8. The molecular formula is C37H33N5O7S2. The van der Waals surface area contributed by atoms with Crippen molar-refractivity contribution in [2.45, 2.75) is 23.5 Å². The number of aromatic nitrogens is 1. The van der Waals surface area contributed by atoms with Crippen molar-refractivity contribution in [3.8, 4) is 22.8 Å². The Morgan fingerprint density at radius 2 is 1.67 bits per heavy atom. The van der Waals surface area contributed by atoms with Gasteiger partial charge in [-0.1, -0.05) is 31.2 Å². The summed E-state index contributed by atoms with van der Waals surface area (Å²) in [6, 6.07) is 26.5. The van der Waals surface area contributed by atoms with Crippen LogP contribution >= 0.6 is 23.1 Å². The van der Waals surface area contributed by atoms with Crippen LogP contribution in [0.5, 0.6) is 11.5 Å². The third kappa shape index (κ3) is 9.59. The van der Waals surface area contributed by atoms with Gasteiger partial charge in [-0.2, -0.15) is 0 Å². The van der Waals surface area contributed by atoms with E-state index in [1.807, 2.05) is 30.5 Å². The molecule has 1 atom stereocenters. The van der Waals surface area contributed by atoms with Gasteiger partial charge < -0.3 is 25.4 Å². The zero-order valence-electron chi connectivity index (χ0n) is 27.7. The van der Waals surface area contributed by atoms with Crippen LogP contribution in [0.15, 0.2) is 113 Å². The number of nitrogens with one attached hydrogen (secondary N) is 3. The molecule has 0 fully saturated rings. The Kier molecular flexibility index (Phi) is 12.2. The Labute approximate surface area is 302 Å². The zero-order valence-corrected chi connectivity index (χ0v) is 29.4. The number of hydrogen-bond donors (Lipinski definition) is 3. The molecule has 1 heterocycles. The van der Waals surface area contributed by atoms with Crippen LogP contribution in [0.4, 0.5) is 16.5 Å². The number of rotatable bonds is 14. The Balaban J connectivity index is 1.28. The van der Waals surface area contributed by atoms with Gasteiger partial charge in [-0.05, 0) is 78.7 Å². The van der Waals surface area contributed by atoms with Crippen molar-refractivity contribution in [2.24, 2.45) is 0 Å². The fraction of sp³-hybridized carbons (Fsp3) is 0.135. The highest BCUT2D eigenvalue weighted by atomic mass is 32.2. The smallest absolute Gasteiger partial charge is 0.272 e. The summed E-state index contributed by atoms with van der Waals surface area (Å²) < 4.78 is 10.7. The van der Waals surface area contributed by atoms with Crippen molar-refractivity contribution in [1.82, 2.24) is 10.3 Å². The van der Waals surface area contributed by atoms with Crippen molar-refractivity contribution in [3.63, 3.8) is 0 Å². The minimum absolute atomic E-state index is 0.0718. The number of non-ortho nitro benzene ring substituents is 1. The van der Waals surface area contributed by atoms with Gasteiger partial charge in [0, 0.05) is 39.2 Å². The molecule has 0 saturated heterocycles. The summed E-state index contributed by atoms with van der Waals surface area (Å²) in [6.07, 6.45) is 1.96. The van der Waals surface area contributed by atoms with E-state index in [2.05, 4.69) is 20.9 Å². The number of carbonyl (C=O) groups is 3. The van der Waals surface area contributed by atoms with Gasteiger partial charge in [0.05, 0.1) is 30.1 Å². The van der Waals surface area contributed by atoms with Crippen LogP contribution in [0.3, 0.4) is 0 Å². The third-order valence-electron chi connectivity index (χ3n) is 7.39. The number of hydrogen-bond acceptors (Lipinski definition) is 10. The highest BCUT2D eigenvalue weighted by Crippen LogP contribution is 2.34. The first kappa shape index (κ1) is 36.3. The Morgan fingerprint density at radius 3 is 2.35 bits per heavy atom. The molecule has 0 bridgehead atoms. The maximum atomic E-state index is 13.5. The Bertz CT molecular complexity index is 2070. The largest absolute Gasteiger partial charge is 0.493 e. The lowest BCUT2D eigenvalue weighted by molar-refractivity contribution is -0.384. The number of benzene rings is 4. The van der Waals surface area contributed by atoms with Gasteiger partial charge in [-0.15, -0.1) is 23.1 Å². The van der Waals surface area contributed by atoms with Crippen LogP contribution in [-0.4, -0.2) is 47.1 Å². The highest BCUT2D eigenvalue weighted by Gasteiger charge is 2.21. The molecule has 4 aromatic carbocycles. The zero-order chi connectivity index (χ0) is 36.3. The highest BCUT2D eigenvalue weighted by molar-refractivity contribution is 8.00. The summed E-state index contributed by atoms with van der Waals surface area (Å²) in [5, 5.41) is 21.3. The van der Waals surface area contributed by atoms with Crippen LogP contribution in [0.2, 0.25) is 0 Å². The molecule has 0 aliphatic carbocycles. The van der Waals surface area contributed by atoms with Gasteiger partial charge in [0.25, 0.3) is 17.5 Å². The van der Waals surface area contributed by atoms with Crippen LogP contribution in [0, 0.1) is 10.1 Å². The van der Waals surface area contributed by atoms with E-state index in [-0.39, 0.29) is 17.3 Å². The predicted octanol–water partition coefficient (Wildman–Crippen LogP) is 7.65. The van der Waals surface area contributed by atoms with E-state index in [4.69, 9.17) is 9.47 Å². The van der Waals surface area contributed by atoms with Crippen molar-refractivity contribution in [1.29, 1.82) is 0 Å². The van der Waals surface area contributed by atoms with E-state index >= 15 is 0 Å². The first-order chi connectivity index (χ1) is 24.7. The lowest BCUT2D eigenvalue weighted by Crippen LogP contribution is -2.30. The molecule has 1 aromatic heterocycles. The maximum absolute atomic E-state index is 13.5. The Morgan fingerprint density at radius 1 is 0.922 bits per heavy atom. The number of ether oxygens (including phenoxy) is 2. The van der Waals surface area contributed by atoms with Gasteiger partial charge in [0.2, 0.25) is 5.91 Å². The molecule has 0 aliphatic heterocycles. The standard InChI is InChI=1S/C37H33N5O7S2/c1-4-33(36(45)41-37-40-30(22-50-37)25-15-18-31(48-2)32(20-25)49-3)51-28-12-8-11-26(21-28)38-35(44)29(39-34(43)24-9-6-5-7-10-24)19-23-13-16-27(17-14-23)42(46)47/h5-22,33H,4H2,1-3H3,(H,38,44)(H,39,43)(H,40,41,45)/b29-19+. The topological polar surface area (TPSA) is 162 Å². The number of anilines is 2. The number of nitro groups is 1. The van der Waals surface area contributed by atoms with Crippen molar-refractivity contribution >= 4 is 63.4 Å². The molecule has 14 heteroatoms. The summed E-state index contributed by atoms with van der Waals surface area (Å²) in [5.41, 5.74) is 2.57. The lowest BCUT2D eigenvalue weighted by atomic mass is 10.1. The molecule has 5 rings (SSSR count). The molecule has 0 aliphatic rings. The molecule has 5 aromatic rings. The molecule has 12 nitrogen and oxygen atoms in total. The molecule has 0 radical (unpaired) electrons. The molecular weight excluding hydrogens is 691 g/mol. The lowest BCUT2D eigenvalue weighted by Gasteiger charge is -2.15. The van der Waals surface area contributed by atoms with Gasteiger partial charge in [-0.25, -0.2) is 4.98 Å². The number of thioether (sulfide) groups is 1. The van der Waals surface area contributed by atoms with Gasteiger partial charge in [0.15, 0.2) is 16.6 Å². The number of nitrogens with zero attached hydrogens (tertiary/aromatic N) is 2. The fourth-order valence-electron chi connectivity index (χ4n) is 4.78. The van der Waals surface area contributed by atoms with Crippen LogP contribution < -0.4 is 25.4 Å². The predicted molar refractivity (Wildman–Crippen MR) is 199 cm³/mol. The minimum atomic E-state index is -0.612. The van der Waals surface area contributed by atoms with Gasteiger partial charge in [0.1, 0.15) is 5.70 Å². The summed E-state index contributed by atoms with van der Waals surface area (Å²) in [7, 11) is 3.13. The number of thiazole rings is 1. The minimum Gasteiger partial charge on any atom is -0.493 e. The summed E-state index contributed by atoms with van der Waals surface area (Å²) in [6.45, 7) is 1.91. The number of nitro benzene ring substituents is 1. The number of carbonyl (C=O) groups excluding carboxylic acids is 3. The van der Waals surface area contributed by atoms with E-state index in [9.17, 15) is 24.5 Å². The van der Waals surface area contributed by atoms with Crippen molar-refractivity contribution < 1.29 is 28.8 Å². The van der Waals surface area contributed by atoms with E-state index in [0.29, 0.717) is 45.6 Å². The Hall–Kier alpha value is -5.99. The molecule has 0 saturated carbocycles. The first-order valence-corrected chi connectivity index (χ1v) is 17.3. The quantitative estimate of drug-likeness (QED) is 0.0452. The molecule has 51 heavy (non-hydrogen) atoms. The molecule has 3 N–H and O–H groups in total. The normalized spacial score (nSPS) is 11.6. The van der Waals surface area contributed by atoms with Crippen LogP contribution in [-0.2, 0) is 9.59 Å². The third-order valence-corrected chi connectivity index (χ3v) is 9.51. The molecule has 1 unspecified atom stereocenters. The number of methoxy groups -OCH3 is 2. The first-order valence-electron chi connectivity index (χ1n) is 15.6. The maximum Gasteiger partial charge on any atom is 0.272 e. The van der Waals surface area contributed by atoms with Crippen LogP contribution in [0.1, 0.15) is 29.3 Å². The SMILES string of the molecule is CCC(Sc1cccc(NC(=O)/C(=C\c2ccc([N+](=O)[O-])cc2)NC(=O)c2ccccc2)c1)C(=O)Nc1nc(-c2ccc(OC)c(OC)c2)cs1. The van der Waals surface area contributed by atoms with Gasteiger partial charge >= 0.3 is 0 Å². The summed E-state index contributed by atoms with van der Waals surface area (Å²) in [4.78, 5) is 55.8. The molecule has 0 spiro atoms. The second kappa shape index (κ2) is 17.1. The average molecular weight is 724 g/mol. The molecule has 3 amide bonds. The van der Waals surface area contributed by atoms with E-state index in [1.54, 1.807) is 68.8 Å². The summed E-state index contributed by atoms with van der Waals surface area (Å²) in [5.74, 6) is -0.162. The average Bonchev–Trinajstić information content (AvgIpc) is 3.62. The molecule has 260 valence electrons. The van der Waals surface area contributed by atoms with Crippen molar-refractivity contribution in [2.75, 3.05) is 24.9 Å². The summed E-state index contributed by atoms with van der Waals surface area (Å²) >= 11 is 2.65. The monoisotopic (exact) mass is 723 g/mol. The van der Waals surface area contributed by atoms with E-state index in [0.717, 1.165) is 10.5 Å². The second-order valence-corrected chi connectivity index (χ2v) is 13.0. The van der Waals surface area contributed by atoms with Gasteiger partial charge in [-0.3, -0.25) is 24.5 Å².